The van der Waals surface area contributed by atoms with Gasteiger partial charge in [0, 0.05) is 22.8 Å². The first-order valence-electron chi connectivity index (χ1n) is 7.99. The van der Waals surface area contributed by atoms with Gasteiger partial charge in [-0.3, -0.25) is 9.59 Å². The van der Waals surface area contributed by atoms with Crippen LogP contribution in [0.15, 0.2) is 48.7 Å². The lowest BCUT2D eigenvalue weighted by atomic mass is 9.86. The van der Waals surface area contributed by atoms with Gasteiger partial charge in [-0.15, -0.1) is 0 Å². The number of aromatic amines is 1. The minimum atomic E-state index is -0.748. The van der Waals surface area contributed by atoms with Crippen molar-refractivity contribution in [3.05, 3.63) is 65.6 Å². The number of amides is 1. The standard InChI is InChI=1S/C20H19FN2O2/c1-20(2,3)15-6-4-5-7-17(15)23-19(25)18(24)14-11-22-16-9-8-12(21)10-13(14)16/h4-11,22H,1-3H3,(H,23,25). The minimum Gasteiger partial charge on any atom is -0.360 e. The molecule has 0 radical (unpaired) electrons. The van der Waals surface area contributed by atoms with Crippen LogP contribution in [0.2, 0.25) is 0 Å². The van der Waals surface area contributed by atoms with E-state index in [2.05, 4.69) is 10.3 Å². The summed E-state index contributed by atoms with van der Waals surface area (Å²) < 4.78 is 13.5. The van der Waals surface area contributed by atoms with Crippen LogP contribution < -0.4 is 5.32 Å². The zero-order valence-electron chi connectivity index (χ0n) is 14.3. The van der Waals surface area contributed by atoms with E-state index in [1.807, 2.05) is 32.9 Å². The van der Waals surface area contributed by atoms with Crippen molar-refractivity contribution in [2.45, 2.75) is 26.2 Å². The Labute approximate surface area is 145 Å². The van der Waals surface area contributed by atoms with E-state index < -0.39 is 17.5 Å². The van der Waals surface area contributed by atoms with E-state index in [4.69, 9.17) is 0 Å². The number of halogens is 1. The van der Waals surface area contributed by atoms with Crippen molar-refractivity contribution in [2.75, 3.05) is 5.32 Å². The van der Waals surface area contributed by atoms with Crippen LogP contribution in [0, 0.1) is 5.82 Å². The summed E-state index contributed by atoms with van der Waals surface area (Å²) in [7, 11) is 0. The summed E-state index contributed by atoms with van der Waals surface area (Å²) in [6.07, 6.45) is 1.43. The highest BCUT2D eigenvalue weighted by atomic mass is 19.1. The number of hydrogen-bond acceptors (Lipinski definition) is 2. The molecule has 0 saturated carbocycles. The molecular formula is C20H19FN2O2. The molecule has 1 aromatic heterocycles. The summed E-state index contributed by atoms with van der Waals surface area (Å²) in [5.41, 5.74) is 2.10. The molecule has 0 aliphatic rings. The lowest BCUT2D eigenvalue weighted by Gasteiger charge is -2.22. The quantitative estimate of drug-likeness (QED) is 0.548. The first-order chi connectivity index (χ1) is 11.8. The maximum Gasteiger partial charge on any atom is 0.296 e. The molecule has 0 aliphatic heterocycles. The zero-order valence-corrected chi connectivity index (χ0v) is 14.3. The molecule has 0 spiro atoms. The molecule has 0 atom stereocenters. The van der Waals surface area contributed by atoms with Crippen molar-refractivity contribution in [3.63, 3.8) is 0 Å². The number of Topliss-reactive ketones (excluding diaryl/α,β-unsaturated/α-hetero) is 1. The molecule has 2 N–H and O–H groups in total. The fraction of sp³-hybridized carbons (Fsp3) is 0.200. The third-order valence-corrected chi connectivity index (χ3v) is 4.08. The predicted octanol–water partition coefficient (Wildman–Crippen LogP) is 4.43. The molecule has 25 heavy (non-hydrogen) atoms. The third-order valence-electron chi connectivity index (χ3n) is 4.08. The molecule has 0 unspecified atom stereocenters. The summed E-state index contributed by atoms with van der Waals surface area (Å²) in [5, 5.41) is 3.08. The second-order valence-corrected chi connectivity index (χ2v) is 6.97. The number of benzene rings is 2. The number of fused-ring (bicyclic) bond motifs is 1. The van der Waals surface area contributed by atoms with Crippen LogP contribution in [-0.2, 0) is 10.2 Å². The Kier molecular flexibility index (Phi) is 4.17. The smallest absolute Gasteiger partial charge is 0.296 e. The van der Waals surface area contributed by atoms with Gasteiger partial charge in [-0.1, -0.05) is 39.0 Å². The van der Waals surface area contributed by atoms with Crippen molar-refractivity contribution >= 4 is 28.3 Å². The summed E-state index contributed by atoms with van der Waals surface area (Å²) in [6, 6.07) is 11.5. The molecule has 4 nitrogen and oxygen atoms in total. The molecule has 5 heteroatoms. The fourth-order valence-corrected chi connectivity index (χ4v) is 2.83. The second-order valence-electron chi connectivity index (χ2n) is 6.97. The normalized spacial score (nSPS) is 11.5. The summed E-state index contributed by atoms with van der Waals surface area (Å²) in [5.74, 6) is -1.91. The van der Waals surface area contributed by atoms with Crippen LogP contribution >= 0.6 is 0 Å². The SMILES string of the molecule is CC(C)(C)c1ccccc1NC(=O)C(=O)c1c[nH]c2ccc(F)cc12. The number of para-hydroxylation sites is 1. The summed E-state index contributed by atoms with van der Waals surface area (Å²) >= 11 is 0. The van der Waals surface area contributed by atoms with Crippen molar-refractivity contribution < 1.29 is 14.0 Å². The van der Waals surface area contributed by atoms with E-state index in [9.17, 15) is 14.0 Å². The Bertz CT molecular complexity index is 967. The van der Waals surface area contributed by atoms with Gasteiger partial charge in [0.1, 0.15) is 5.82 Å². The molecular weight excluding hydrogens is 319 g/mol. The van der Waals surface area contributed by atoms with E-state index in [1.54, 1.807) is 12.1 Å². The molecule has 3 rings (SSSR count). The Morgan fingerprint density at radius 3 is 2.52 bits per heavy atom. The average Bonchev–Trinajstić information content (AvgIpc) is 2.96. The number of rotatable bonds is 3. The Hall–Kier alpha value is -2.95. The summed E-state index contributed by atoms with van der Waals surface area (Å²) in [4.78, 5) is 27.9. The van der Waals surface area contributed by atoms with Crippen LogP contribution in [0.3, 0.4) is 0 Å². The van der Waals surface area contributed by atoms with Gasteiger partial charge in [0.25, 0.3) is 11.7 Å². The Morgan fingerprint density at radius 2 is 1.80 bits per heavy atom. The number of aromatic nitrogens is 1. The lowest BCUT2D eigenvalue weighted by molar-refractivity contribution is -0.112. The van der Waals surface area contributed by atoms with Gasteiger partial charge >= 0.3 is 0 Å². The van der Waals surface area contributed by atoms with Gasteiger partial charge in [0.2, 0.25) is 0 Å². The second kappa shape index (κ2) is 6.16. The largest absolute Gasteiger partial charge is 0.360 e. The number of ketones is 1. The fourth-order valence-electron chi connectivity index (χ4n) is 2.83. The van der Waals surface area contributed by atoms with Gasteiger partial charge in [0.15, 0.2) is 0 Å². The molecule has 0 saturated heterocycles. The van der Waals surface area contributed by atoms with Crippen LogP contribution in [0.5, 0.6) is 0 Å². The molecule has 128 valence electrons. The molecule has 0 bridgehead atoms. The van der Waals surface area contributed by atoms with Gasteiger partial charge in [-0.2, -0.15) is 0 Å². The van der Waals surface area contributed by atoms with E-state index >= 15 is 0 Å². The van der Waals surface area contributed by atoms with E-state index in [0.29, 0.717) is 16.6 Å². The van der Waals surface area contributed by atoms with Crippen LogP contribution in [-0.4, -0.2) is 16.7 Å². The molecule has 0 fully saturated rings. The topological polar surface area (TPSA) is 62.0 Å². The Morgan fingerprint density at radius 1 is 1.08 bits per heavy atom. The summed E-state index contributed by atoms with van der Waals surface area (Å²) in [6.45, 7) is 6.09. The monoisotopic (exact) mass is 338 g/mol. The lowest BCUT2D eigenvalue weighted by Crippen LogP contribution is -2.25. The number of carbonyl (C=O) groups is 2. The van der Waals surface area contributed by atoms with Crippen molar-refractivity contribution in [1.29, 1.82) is 0 Å². The highest BCUT2D eigenvalue weighted by Gasteiger charge is 2.23. The Balaban J connectivity index is 1.92. The van der Waals surface area contributed by atoms with E-state index in [0.717, 1.165) is 5.56 Å². The molecule has 1 amide bonds. The number of carbonyl (C=O) groups excluding carboxylic acids is 2. The highest BCUT2D eigenvalue weighted by Crippen LogP contribution is 2.29. The number of anilines is 1. The van der Waals surface area contributed by atoms with Crippen LogP contribution in [0.25, 0.3) is 10.9 Å². The average molecular weight is 338 g/mol. The first kappa shape index (κ1) is 16.9. The number of H-pyrrole nitrogens is 1. The third kappa shape index (κ3) is 3.31. The van der Waals surface area contributed by atoms with Gasteiger partial charge in [-0.25, -0.2) is 4.39 Å². The molecule has 2 aromatic carbocycles. The first-order valence-corrected chi connectivity index (χ1v) is 7.99. The maximum atomic E-state index is 13.5. The molecule has 1 heterocycles. The van der Waals surface area contributed by atoms with Crippen LogP contribution in [0.1, 0.15) is 36.7 Å². The van der Waals surface area contributed by atoms with Crippen molar-refractivity contribution in [1.82, 2.24) is 4.98 Å². The van der Waals surface area contributed by atoms with E-state index in [-0.39, 0.29) is 11.0 Å². The number of nitrogens with one attached hydrogen (secondary N) is 2. The maximum absolute atomic E-state index is 13.5. The highest BCUT2D eigenvalue weighted by molar-refractivity contribution is 6.48. The molecule has 0 aliphatic carbocycles. The number of hydrogen-bond donors (Lipinski definition) is 2. The van der Waals surface area contributed by atoms with Crippen molar-refractivity contribution in [2.24, 2.45) is 0 Å². The predicted molar refractivity (Wildman–Crippen MR) is 96.4 cm³/mol. The van der Waals surface area contributed by atoms with Gasteiger partial charge in [0.05, 0.1) is 5.56 Å². The molecule has 3 aromatic rings. The van der Waals surface area contributed by atoms with E-state index in [1.165, 1.54) is 24.4 Å². The van der Waals surface area contributed by atoms with Crippen LogP contribution in [0.4, 0.5) is 10.1 Å². The van der Waals surface area contributed by atoms with Crippen molar-refractivity contribution in [3.8, 4) is 0 Å². The zero-order chi connectivity index (χ0) is 18.2. The van der Waals surface area contributed by atoms with Gasteiger partial charge < -0.3 is 10.3 Å². The van der Waals surface area contributed by atoms with Gasteiger partial charge in [-0.05, 0) is 35.2 Å². The minimum absolute atomic E-state index is 0.153.